The molecule has 0 unspecified atom stereocenters. The van der Waals surface area contributed by atoms with Gasteiger partial charge in [-0.15, -0.1) is 0 Å². The van der Waals surface area contributed by atoms with Gasteiger partial charge in [-0.05, 0) is 61.3 Å². The molecule has 0 saturated carbocycles. The molecule has 3 heteroatoms. The van der Waals surface area contributed by atoms with Crippen molar-refractivity contribution >= 4 is 12.0 Å². The molecule has 2 aromatic rings. The third kappa shape index (κ3) is 6.07. The molecule has 0 amide bonds. The average molecular weight is 378 g/mol. The van der Waals surface area contributed by atoms with Gasteiger partial charge in [0.1, 0.15) is 0 Å². The molecule has 3 nitrogen and oxygen atoms in total. The Balaban J connectivity index is 1.46. The van der Waals surface area contributed by atoms with Gasteiger partial charge in [-0.3, -0.25) is 4.79 Å². The number of nitrogens with one attached hydrogen (secondary N) is 1. The first-order chi connectivity index (χ1) is 13.7. The van der Waals surface area contributed by atoms with Crippen LogP contribution < -0.4 is 5.32 Å². The summed E-state index contributed by atoms with van der Waals surface area (Å²) in [5.41, 5.74) is 3.97. The molecule has 0 aliphatic carbocycles. The topological polar surface area (TPSA) is 49.3 Å². The van der Waals surface area contributed by atoms with Crippen LogP contribution in [-0.2, 0) is 11.2 Å². The summed E-state index contributed by atoms with van der Waals surface area (Å²) in [6.45, 7) is 1.57. The Labute approximate surface area is 168 Å². The molecule has 3 rings (SSSR count). The molecular weight excluding hydrogens is 346 g/mol. The second kappa shape index (κ2) is 10.8. The molecule has 1 fully saturated rings. The minimum atomic E-state index is -0.646. The van der Waals surface area contributed by atoms with Crippen LogP contribution in [0, 0.1) is 11.8 Å². The molecule has 0 bridgehead atoms. The number of allylic oxidation sites excluding steroid dienone is 1. The third-order valence-corrected chi connectivity index (χ3v) is 5.73. The molecule has 28 heavy (non-hydrogen) atoms. The van der Waals surface area contributed by atoms with Crippen LogP contribution >= 0.6 is 0 Å². The molecule has 1 saturated heterocycles. The van der Waals surface area contributed by atoms with E-state index in [0.29, 0.717) is 12.5 Å². The minimum Gasteiger partial charge on any atom is -0.481 e. The van der Waals surface area contributed by atoms with Crippen molar-refractivity contribution in [3.63, 3.8) is 0 Å². The van der Waals surface area contributed by atoms with Crippen LogP contribution in [-0.4, -0.2) is 24.2 Å². The van der Waals surface area contributed by atoms with E-state index in [-0.39, 0.29) is 5.92 Å². The monoisotopic (exact) mass is 377 g/mol. The van der Waals surface area contributed by atoms with Gasteiger partial charge in [0, 0.05) is 6.54 Å². The molecule has 1 heterocycles. The molecule has 1 aliphatic heterocycles. The van der Waals surface area contributed by atoms with Crippen molar-refractivity contribution in [1.82, 2.24) is 5.32 Å². The van der Waals surface area contributed by atoms with Crippen LogP contribution in [0.25, 0.3) is 6.08 Å². The quantitative estimate of drug-likeness (QED) is 0.593. The van der Waals surface area contributed by atoms with Crippen LogP contribution in [0.3, 0.4) is 0 Å². The second-order valence-electron chi connectivity index (χ2n) is 7.75. The van der Waals surface area contributed by atoms with E-state index >= 15 is 0 Å². The van der Waals surface area contributed by atoms with Gasteiger partial charge >= 0.3 is 5.97 Å². The highest BCUT2D eigenvalue weighted by molar-refractivity contribution is 5.70. The fourth-order valence-electron chi connectivity index (χ4n) is 4.10. The van der Waals surface area contributed by atoms with E-state index in [4.69, 9.17) is 0 Å². The van der Waals surface area contributed by atoms with Gasteiger partial charge < -0.3 is 10.4 Å². The van der Waals surface area contributed by atoms with E-state index in [0.717, 1.165) is 45.1 Å². The van der Waals surface area contributed by atoms with Gasteiger partial charge in [0.2, 0.25) is 0 Å². The zero-order valence-corrected chi connectivity index (χ0v) is 16.5. The van der Waals surface area contributed by atoms with Gasteiger partial charge in [0.15, 0.2) is 0 Å². The maximum absolute atomic E-state index is 11.4. The van der Waals surface area contributed by atoms with Gasteiger partial charge in [0.05, 0.1) is 5.92 Å². The standard InChI is InChI=1S/C25H31NO2/c27-25(28)24-19-26-17-16-22(24)14-7-2-1-6-12-21-13-8-9-15-23(21)18-20-10-4-3-5-11-20/h3-6,8-13,15,22,24,26H,1-2,7,14,16-19H2,(H,27,28)/b12-6+/t22-,24+/m1/s1. The summed E-state index contributed by atoms with van der Waals surface area (Å²) >= 11 is 0. The van der Waals surface area contributed by atoms with Crippen LogP contribution in [0.4, 0.5) is 0 Å². The Morgan fingerprint density at radius 1 is 1.07 bits per heavy atom. The smallest absolute Gasteiger partial charge is 0.308 e. The Kier molecular flexibility index (Phi) is 7.86. The Bertz CT molecular complexity index is 769. The van der Waals surface area contributed by atoms with E-state index in [2.05, 4.69) is 72.1 Å². The lowest BCUT2D eigenvalue weighted by molar-refractivity contribution is -0.144. The highest BCUT2D eigenvalue weighted by Gasteiger charge is 2.29. The largest absolute Gasteiger partial charge is 0.481 e. The van der Waals surface area contributed by atoms with E-state index < -0.39 is 5.97 Å². The number of unbranched alkanes of at least 4 members (excludes halogenated alkanes) is 2. The zero-order chi connectivity index (χ0) is 19.6. The first kappa shape index (κ1) is 20.3. The highest BCUT2D eigenvalue weighted by Crippen LogP contribution is 2.25. The molecule has 0 spiro atoms. The van der Waals surface area contributed by atoms with Crippen molar-refractivity contribution in [3.8, 4) is 0 Å². The maximum atomic E-state index is 11.4. The number of carboxylic acids is 1. The van der Waals surface area contributed by atoms with Crippen molar-refractivity contribution in [2.75, 3.05) is 13.1 Å². The molecular formula is C25H31NO2. The van der Waals surface area contributed by atoms with Gasteiger partial charge in [-0.1, -0.05) is 73.2 Å². The second-order valence-corrected chi connectivity index (χ2v) is 7.75. The summed E-state index contributed by atoms with van der Waals surface area (Å²) in [6, 6.07) is 19.2. The van der Waals surface area contributed by atoms with Crippen molar-refractivity contribution in [3.05, 3.63) is 77.4 Å². The zero-order valence-electron chi connectivity index (χ0n) is 16.5. The third-order valence-electron chi connectivity index (χ3n) is 5.73. The molecule has 148 valence electrons. The molecule has 2 aromatic carbocycles. The van der Waals surface area contributed by atoms with Crippen LogP contribution in [0.15, 0.2) is 60.7 Å². The molecule has 2 atom stereocenters. The van der Waals surface area contributed by atoms with E-state index in [1.54, 1.807) is 0 Å². The van der Waals surface area contributed by atoms with Crippen molar-refractivity contribution in [2.45, 2.75) is 38.5 Å². The normalized spacial score (nSPS) is 19.7. The lowest BCUT2D eigenvalue weighted by atomic mass is 9.83. The van der Waals surface area contributed by atoms with Gasteiger partial charge in [0.25, 0.3) is 0 Å². The fourth-order valence-corrected chi connectivity index (χ4v) is 4.10. The Hall–Kier alpha value is -2.39. The van der Waals surface area contributed by atoms with Crippen LogP contribution in [0.1, 0.15) is 48.8 Å². The molecule has 1 aliphatic rings. The Morgan fingerprint density at radius 2 is 1.86 bits per heavy atom. The van der Waals surface area contributed by atoms with Crippen LogP contribution in [0.2, 0.25) is 0 Å². The fraction of sp³-hybridized carbons (Fsp3) is 0.400. The number of hydrogen-bond donors (Lipinski definition) is 2. The lowest BCUT2D eigenvalue weighted by Crippen LogP contribution is -2.40. The molecule has 0 radical (unpaired) electrons. The predicted octanol–water partition coefficient (Wildman–Crippen LogP) is 5.16. The highest BCUT2D eigenvalue weighted by atomic mass is 16.4. The Morgan fingerprint density at radius 3 is 2.68 bits per heavy atom. The molecule has 2 N–H and O–H groups in total. The minimum absolute atomic E-state index is 0.214. The summed E-state index contributed by atoms with van der Waals surface area (Å²) in [4.78, 5) is 11.4. The number of carbonyl (C=O) groups is 1. The summed E-state index contributed by atoms with van der Waals surface area (Å²) in [5, 5.41) is 12.6. The van der Waals surface area contributed by atoms with Crippen LogP contribution in [0.5, 0.6) is 0 Å². The summed E-state index contributed by atoms with van der Waals surface area (Å²) in [5.74, 6) is -0.532. The average Bonchev–Trinajstić information content (AvgIpc) is 2.72. The number of aliphatic carboxylic acids is 1. The van der Waals surface area contributed by atoms with Crippen molar-refractivity contribution in [2.24, 2.45) is 11.8 Å². The van der Waals surface area contributed by atoms with Gasteiger partial charge in [-0.2, -0.15) is 0 Å². The molecule has 0 aromatic heterocycles. The van der Waals surface area contributed by atoms with Crippen molar-refractivity contribution < 1.29 is 9.90 Å². The first-order valence-corrected chi connectivity index (χ1v) is 10.5. The number of piperidine rings is 1. The van der Waals surface area contributed by atoms with E-state index in [9.17, 15) is 9.90 Å². The van der Waals surface area contributed by atoms with Crippen molar-refractivity contribution in [1.29, 1.82) is 0 Å². The van der Waals surface area contributed by atoms with Gasteiger partial charge in [-0.25, -0.2) is 0 Å². The summed E-state index contributed by atoms with van der Waals surface area (Å²) < 4.78 is 0. The lowest BCUT2D eigenvalue weighted by Gasteiger charge is -2.29. The summed E-state index contributed by atoms with van der Waals surface area (Å²) in [7, 11) is 0. The number of carboxylic acid groups (broad SMARTS) is 1. The summed E-state index contributed by atoms with van der Waals surface area (Å²) in [6.07, 6.45) is 10.7. The number of benzene rings is 2. The number of rotatable bonds is 9. The maximum Gasteiger partial charge on any atom is 0.308 e. The SMILES string of the molecule is O=C(O)[C@H]1CNCC[C@H]1CCCC/C=C/c1ccccc1Cc1ccccc1. The predicted molar refractivity (Wildman–Crippen MR) is 115 cm³/mol. The number of hydrogen-bond acceptors (Lipinski definition) is 2. The van der Waals surface area contributed by atoms with E-state index in [1.807, 2.05) is 0 Å². The first-order valence-electron chi connectivity index (χ1n) is 10.5. The van der Waals surface area contributed by atoms with E-state index in [1.165, 1.54) is 16.7 Å².